The standard InChI is InChI=1S/C11H14FNO2S/c1-16(14,15)10-5-8(4-9(12)6-10)11(7-13)2-3-11/h4-6H,2-3,7,13H2,1H3. The molecular formula is C11H14FNO2S. The monoisotopic (exact) mass is 243 g/mol. The van der Waals surface area contributed by atoms with E-state index < -0.39 is 15.7 Å². The molecule has 0 spiro atoms. The summed E-state index contributed by atoms with van der Waals surface area (Å²) in [4.78, 5) is 0.0298. The Labute approximate surface area is 94.4 Å². The fourth-order valence-electron chi connectivity index (χ4n) is 1.84. The van der Waals surface area contributed by atoms with Crippen molar-refractivity contribution in [1.82, 2.24) is 0 Å². The molecule has 0 atom stereocenters. The Kier molecular flexibility index (Phi) is 2.55. The molecule has 1 aliphatic rings. The summed E-state index contributed by atoms with van der Waals surface area (Å²) in [6.45, 7) is 0.430. The molecule has 0 saturated heterocycles. The summed E-state index contributed by atoms with van der Waals surface area (Å²) in [6.07, 6.45) is 2.87. The second-order valence-electron chi connectivity index (χ2n) is 4.43. The van der Waals surface area contributed by atoms with Crippen LogP contribution in [0.25, 0.3) is 0 Å². The molecule has 1 saturated carbocycles. The van der Waals surface area contributed by atoms with Gasteiger partial charge >= 0.3 is 0 Å². The van der Waals surface area contributed by atoms with Crippen molar-refractivity contribution in [2.75, 3.05) is 12.8 Å². The number of sulfone groups is 1. The first-order valence-electron chi connectivity index (χ1n) is 5.09. The number of hydrogen-bond donors (Lipinski definition) is 1. The zero-order valence-corrected chi connectivity index (χ0v) is 9.85. The third kappa shape index (κ3) is 1.97. The van der Waals surface area contributed by atoms with Crippen molar-refractivity contribution in [3.63, 3.8) is 0 Å². The molecule has 88 valence electrons. The van der Waals surface area contributed by atoms with Gasteiger partial charge in [-0.25, -0.2) is 12.8 Å². The van der Waals surface area contributed by atoms with E-state index in [4.69, 9.17) is 5.73 Å². The van der Waals surface area contributed by atoms with Crippen LogP contribution in [0.1, 0.15) is 18.4 Å². The van der Waals surface area contributed by atoms with Crippen LogP contribution in [-0.2, 0) is 15.3 Å². The van der Waals surface area contributed by atoms with E-state index in [2.05, 4.69) is 0 Å². The molecule has 0 aliphatic heterocycles. The highest BCUT2D eigenvalue weighted by Gasteiger charge is 2.43. The number of nitrogens with two attached hydrogens (primary N) is 1. The third-order valence-electron chi connectivity index (χ3n) is 3.16. The van der Waals surface area contributed by atoms with Crippen LogP contribution in [0.3, 0.4) is 0 Å². The van der Waals surface area contributed by atoms with Crippen molar-refractivity contribution >= 4 is 9.84 Å². The van der Waals surface area contributed by atoms with Crippen molar-refractivity contribution in [3.05, 3.63) is 29.6 Å². The molecule has 2 N–H and O–H groups in total. The van der Waals surface area contributed by atoms with E-state index in [9.17, 15) is 12.8 Å². The van der Waals surface area contributed by atoms with Crippen LogP contribution < -0.4 is 5.73 Å². The Morgan fingerprint density at radius 1 is 1.38 bits per heavy atom. The lowest BCUT2D eigenvalue weighted by Gasteiger charge is -2.14. The van der Waals surface area contributed by atoms with Gasteiger partial charge in [-0.05, 0) is 36.6 Å². The van der Waals surface area contributed by atoms with Gasteiger partial charge in [0.05, 0.1) is 4.90 Å². The van der Waals surface area contributed by atoms with Gasteiger partial charge in [-0.15, -0.1) is 0 Å². The highest BCUT2D eigenvalue weighted by atomic mass is 32.2. The van der Waals surface area contributed by atoms with Crippen LogP contribution in [0, 0.1) is 5.82 Å². The van der Waals surface area contributed by atoms with Crippen LogP contribution in [0.15, 0.2) is 23.1 Å². The lowest BCUT2D eigenvalue weighted by atomic mass is 9.96. The normalized spacial score (nSPS) is 18.4. The molecule has 0 radical (unpaired) electrons. The Morgan fingerprint density at radius 2 is 2.00 bits per heavy atom. The van der Waals surface area contributed by atoms with Gasteiger partial charge < -0.3 is 5.73 Å². The van der Waals surface area contributed by atoms with E-state index in [1.165, 1.54) is 12.1 Å². The van der Waals surface area contributed by atoms with Crippen LogP contribution in [0.5, 0.6) is 0 Å². The predicted molar refractivity (Wildman–Crippen MR) is 59.5 cm³/mol. The van der Waals surface area contributed by atoms with Crippen molar-refractivity contribution in [2.45, 2.75) is 23.2 Å². The van der Waals surface area contributed by atoms with Crippen LogP contribution >= 0.6 is 0 Å². The van der Waals surface area contributed by atoms with Crippen LogP contribution in [0.4, 0.5) is 4.39 Å². The molecule has 5 heteroatoms. The molecule has 1 fully saturated rings. The molecule has 1 aliphatic carbocycles. The number of rotatable bonds is 3. The maximum atomic E-state index is 13.3. The molecule has 1 aromatic rings. The van der Waals surface area contributed by atoms with Gasteiger partial charge in [0, 0.05) is 18.2 Å². The molecule has 16 heavy (non-hydrogen) atoms. The average molecular weight is 243 g/mol. The first-order valence-corrected chi connectivity index (χ1v) is 6.98. The summed E-state index contributed by atoms with van der Waals surface area (Å²) >= 11 is 0. The molecule has 2 rings (SSSR count). The predicted octanol–water partition coefficient (Wildman–Crippen LogP) is 1.22. The number of benzene rings is 1. The minimum atomic E-state index is -3.37. The summed E-state index contributed by atoms with van der Waals surface area (Å²) in [7, 11) is -3.37. The molecule has 0 heterocycles. The molecule has 1 aromatic carbocycles. The van der Waals surface area contributed by atoms with E-state index in [0.29, 0.717) is 12.1 Å². The van der Waals surface area contributed by atoms with E-state index in [1.54, 1.807) is 0 Å². The highest BCUT2D eigenvalue weighted by molar-refractivity contribution is 7.90. The summed E-state index contributed by atoms with van der Waals surface area (Å²) in [5.41, 5.74) is 6.15. The Bertz CT molecular complexity index is 521. The summed E-state index contributed by atoms with van der Waals surface area (Å²) in [6, 6.07) is 3.97. The Balaban J connectivity index is 2.53. The van der Waals surface area contributed by atoms with E-state index in [0.717, 1.165) is 25.2 Å². The average Bonchev–Trinajstić information content (AvgIpc) is 2.96. The molecule has 0 bridgehead atoms. The second kappa shape index (κ2) is 3.53. The molecule has 0 aromatic heterocycles. The van der Waals surface area contributed by atoms with Gasteiger partial charge in [-0.3, -0.25) is 0 Å². The van der Waals surface area contributed by atoms with E-state index in [-0.39, 0.29) is 10.3 Å². The van der Waals surface area contributed by atoms with Gasteiger partial charge in [0.25, 0.3) is 0 Å². The van der Waals surface area contributed by atoms with Gasteiger partial charge in [0.2, 0.25) is 0 Å². The fourth-order valence-corrected chi connectivity index (χ4v) is 2.51. The molecule has 3 nitrogen and oxygen atoms in total. The van der Waals surface area contributed by atoms with Gasteiger partial charge in [-0.1, -0.05) is 0 Å². The van der Waals surface area contributed by atoms with Crippen molar-refractivity contribution < 1.29 is 12.8 Å². The van der Waals surface area contributed by atoms with Crippen molar-refractivity contribution in [2.24, 2.45) is 5.73 Å². The third-order valence-corrected chi connectivity index (χ3v) is 4.25. The van der Waals surface area contributed by atoms with Crippen LogP contribution in [-0.4, -0.2) is 21.2 Å². The maximum absolute atomic E-state index is 13.3. The van der Waals surface area contributed by atoms with Crippen molar-refractivity contribution in [3.8, 4) is 0 Å². The van der Waals surface area contributed by atoms with E-state index in [1.807, 2.05) is 0 Å². The highest BCUT2D eigenvalue weighted by Crippen LogP contribution is 2.47. The fraction of sp³-hybridized carbons (Fsp3) is 0.455. The minimum Gasteiger partial charge on any atom is -0.330 e. The SMILES string of the molecule is CS(=O)(=O)c1cc(F)cc(C2(CN)CC2)c1. The summed E-state index contributed by atoms with van der Waals surface area (Å²) in [5, 5.41) is 0. The smallest absolute Gasteiger partial charge is 0.175 e. The Hall–Kier alpha value is -0.940. The number of hydrogen-bond acceptors (Lipinski definition) is 3. The zero-order valence-electron chi connectivity index (χ0n) is 9.03. The molecule has 0 amide bonds. The van der Waals surface area contributed by atoms with Gasteiger partial charge in [0.1, 0.15) is 5.82 Å². The lowest BCUT2D eigenvalue weighted by molar-refractivity contribution is 0.591. The van der Waals surface area contributed by atoms with E-state index >= 15 is 0 Å². The molecular weight excluding hydrogens is 229 g/mol. The first kappa shape index (κ1) is 11.5. The zero-order chi connectivity index (χ0) is 12.0. The van der Waals surface area contributed by atoms with Crippen LogP contribution in [0.2, 0.25) is 0 Å². The largest absolute Gasteiger partial charge is 0.330 e. The maximum Gasteiger partial charge on any atom is 0.175 e. The lowest BCUT2D eigenvalue weighted by Crippen LogP contribution is -2.20. The Morgan fingerprint density at radius 3 is 2.44 bits per heavy atom. The summed E-state index contributed by atoms with van der Waals surface area (Å²) < 4.78 is 36.1. The van der Waals surface area contributed by atoms with Gasteiger partial charge in [0.15, 0.2) is 9.84 Å². The quantitative estimate of drug-likeness (QED) is 0.868. The second-order valence-corrected chi connectivity index (χ2v) is 6.45. The first-order chi connectivity index (χ1) is 7.37. The number of halogens is 1. The topological polar surface area (TPSA) is 60.2 Å². The van der Waals surface area contributed by atoms with Gasteiger partial charge in [-0.2, -0.15) is 0 Å². The van der Waals surface area contributed by atoms with Crippen molar-refractivity contribution in [1.29, 1.82) is 0 Å². The summed E-state index contributed by atoms with van der Waals surface area (Å²) in [5.74, 6) is -0.516. The minimum absolute atomic E-state index is 0.0298. The molecule has 0 unspecified atom stereocenters.